The molecule has 1 amide bonds. The van der Waals surface area contributed by atoms with E-state index in [2.05, 4.69) is 4.98 Å². The van der Waals surface area contributed by atoms with Gasteiger partial charge in [-0.2, -0.15) is 0 Å². The van der Waals surface area contributed by atoms with Crippen LogP contribution < -0.4 is 11.2 Å². The number of amides is 1. The van der Waals surface area contributed by atoms with Crippen LogP contribution in [0.5, 0.6) is 0 Å². The van der Waals surface area contributed by atoms with Gasteiger partial charge in [-0.15, -0.1) is 0 Å². The lowest BCUT2D eigenvalue weighted by Gasteiger charge is -2.31. The number of H-pyrrole nitrogens is 1. The van der Waals surface area contributed by atoms with Gasteiger partial charge in [0.2, 0.25) is 5.91 Å². The molecule has 1 aliphatic heterocycles. The fraction of sp³-hybridized carbons (Fsp3) is 0.500. The highest BCUT2D eigenvalue weighted by Gasteiger charge is 2.21. The van der Waals surface area contributed by atoms with E-state index in [4.69, 9.17) is 0 Å². The summed E-state index contributed by atoms with van der Waals surface area (Å²) in [6.07, 6.45) is 2.43. The Morgan fingerprint density at radius 2 is 1.96 bits per heavy atom. The van der Waals surface area contributed by atoms with Crippen molar-refractivity contribution in [1.29, 1.82) is 0 Å². The van der Waals surface area contributed by atoms with Gasteiger partial charge in [0.25, 0.3) is 5.56 Å². The molecule has 0 atom stereocenters. The van der Waals surface area contributed by atoms with E-state index in [0.29, 0.717) is 43.1 Å². The maximum Gasteiger partial charge on any atom is 0.328 e. The second-order valence-corrected chi connectivity index (χ2v) is 6.77. The van der Waals surface area contributed by atoms with Gasteiger partial charge in [-0.1, -0.05) is 0 Å². The van der Waals surface area contributed by atoms with E-state index in [-0.39, 0.29) is 11.3 Å². The monoisotopic (exact) mass is 347 g/mol. The van der Waals surface area contributed by atoms with Gasteiger partial charge in [0.15, 0.2) is 0 Å². The van der Waals surface area contributed by atoms with E-state index in [9.17, 15) is 18.8 Å². The zero-order chi connectivity index (χ0) is 18.1. The van der Waals surface area contributed by atoms with Crippen molar-refractivity contribution in [2.45, 2.75) is 39.7 Å². The predicted molar refractivity (Wildman–Crippen MR) is 93.1 cm³/mol. The molecule has 1 fully saturated rings. The third-order valence-electron chi connectivity index (χ3n) is 5.08. The fourth-order valence-corrected chi connectivity index (χ4v) is 3.43. The number of piperidine rings is 1. The van der Waals surface area contributed by atoms with Crippen molar-refractivity contribution in [3.63, 3.8) is 0 Å². The minimum atomic E-state index is -0.468. The van der Waals surface area contributed by atoms with Crippen LogP contribution in [0.15, 0.2) is 21.7 Å². The topological polar surface area (TPSA) is 75.2 Å². The summed E-state index contributed by atoms with van der Waals surface area (Å²) < 4.78 is 14.9. The first kappa shape index (κ1) is 17.4. The Hall–Kier alpha value is -2.44. The van der Waals surface area contributed by atoms with Crippen molar-refractivity contribution in [1.82, 2.24) is 14.5 Å². The molecule has 3 rings (SSSR count). The Bertz CT molecular complexity index is 924. The average Bonchev–Trinajstić information content (AvgIpc) is 2.57. The van der Waals surface area contributed by atoms with Gasteiger partial charge in [-0.05, 0) is 49.8 Å². The van der Waals surface area contributed by atoms with Crippen molar-refractivity contribution >= 4 is 16.8 Å². The number of hydrogen-bond donors (Lipinski definition) is 1. The molecule has 0 aliphatic carbocycles. The summed E-state index contributed by atoms with van der Waals surface area (Å²) in [5, 5.41) is 0.189. The molecule has 0 saturated carbocycles. The quantitative estimate of drug-likeness (QED) is 0.920. The molecule has 1 aromatic carbocycles. The van der Waals surface area contributed by atoms with Crippen LogP contribution in [-0.4, -0.2) is 33.4 Å². The highest BCUT2D eigenvalue weighted by molar-refractivity contribution is 5.78. The van der Waals surface area contributed by atoms with Crippen molar-refractivity contribution < 1.29 is 9.18 Å². The molecule has 134 valence electrons. The highest BCUT2D eigenvalue weighted by atomic mass is 19.1. The summed E-state index contributed by atoms with van der Waals surface area (Å²) in [7, 11) is 0. The lowest BCUT2D eigenvalue weighted by atomic mass is 9.93. The first-order valence-electron chi connectivity index (χ1n) is 8.55. The summed E-state index contributed by atoms with van der Waals surface area (Å²) in [4.78, 5) is 40.6. The van der Waals surface area contributed by atoms with Crippen LogP contribution in [-0.2, 0) is 11.3 Å². The van der Waals surface area contributed by atoms with Gasteiger partial charge in [0.1, 0.15) is 5.82 Å². The van der Waals surface area contributed by atoms with Gasteiger partial charge < -0.3 is 9.88 Å². The maximum atomic E-state index is 13.8. The number of halogens is 1. The third-order valence-corrected chi connectivity index (χ3v) is 5.08. The minimum Gasteiger partial charge on any atom is -0.343 e. The molecule has 25 heavy (non-hydrogen) atoms. The van der Waals surface area contributed by atoms with Gasteiger partial charge in [-0.25, -0.2) is 9.18 Å². The maximum absolute atomic E-state index is 13.8. The Morgan fingerprint density at radius 1 is 1.28 bits per heavy atom. The van der Waals surface area contributed by atoms with Crippen LogP contribution >= 0.6 is 0 Å². The molecular formula is C18H22FN3O3. The van der Waals surface area contributed by atoms with Gasteiger partial charge in [0.05, 0.1) is 10.9 Å². The summed E-state index contributed by atoms with van der Waals surface area (Å²) >= 11 is 0. The largest absolute Gasteiger partial charge is 0.343 e. The van der Waals surface area contributed by atoms with Crippen molar-refractivity contribution in [2.24, 2.45) is 5.92 Å². The Balaban J connectivity index is 1.78. The molecule has 0 radical (unpaired) electrons. The number of carbonyl (C=O) groups is 1. The molecule has 2 aromatic rings. The lowest BCUT2D eigenvalue weighted by molar-refractivity contribution is -0.130. The van der Waals surface area contributed by atoms with Crippen LogP contribution in [0.1, 0.15) is 31.7 Å². The first-order chi connectivity index (χ1) is 11.9. The average molecular weight is 347 g/mol. The Morgan fingerprint density at radius 3 is 2.60 bits per heavy atom. The van der Waals surface area contributed by atoms with Crippen molar-refractivity contribution in [3.8, 4) is 0 Å². The van der Waals surface area contributed by atoms with Crippen LogP contribution in [0.4, 0.5) is 4.39 Å². The number of hydrogen-bond acceptors (Lipinski definition) is 3. The molecule has 0 bridgehead atoms. The van der Waals surface area contributed by atoms with Gasteiger partial charge in [0, 0.05) is 26.6 Å². The summed E-state index contributed by atoms with van der Waals surface area (Å²) in [5.41, 5.74) is -0.180. The number of rotatable bonds is 3. The Kier molecular flexibility index (Phi) is 4.74. The number of carbonyl (C=O) groups excluding carboxylic acids is 1. The van der Waals surface area contributed by atoms with E-state index >= 15 is 0 Å². The van der Waals surface area contributed by atoms with Crippen LogP contribution in [0.3, 0.4) is 0 Å². The number of nitrogens with zero attached hydrogens (tertiary/aromatic N) is 2. The van der Waals surface area contributed by atoms with E-state index in [1.165, 1.54) is 12.1 Å². The minimum absolute atomic E-state index is 0.0814. The zero-order valence-corrected chi connectivity index (χ0v) is 14.5. The number of nitrogens with one attached hydrogen (secondary N) is 1. The number of likely N-dealkylation sites (tertiary alicyclic amines) is 1. The van der Waals surface area contributed by atoms with Crippen LogP contribution in [0.2, 0.25) is 0 Å². The van der Waals surface area contributed by atoms with Crippen molar-refractivity contribution in [2.75, 3.05) is 13.1 Å². The van der Waals surface area contributed by atoms with E-state index < -0.39 is 17.1 Å². The standard InChI is InChI=1S/C18H22FN3O3/c1-11-9-16-14(10-15(11)19)17(24)22(18(25)20-16)8-5-13-3-6-21(7-4-13)12(2)23/h9-10,13H,3-8H2,1-2H3,(H,20,25). The molecule has 2 heterocycles. The number of aromatic nitrogens is 2. The summed E-state index contributed by atoms with van der Waals surface area (Å²) in [6.45, 7) is 4.88. The summed E-state index contributed by atoms with van der Waals surface area (Å²) in [6, 6.07) is 2.67. The van der Waals surface area contributed by atoms with Crippen LogP contribution in [0.25, 0.3) is 10.9 Å². The molecule has 6 nitrogen and oxygen atoms in total. The molecular weight excluding hydrogens is 325 g/mol. The molecule has 1 aromatic heterocycles. The van der Waals surface area contributed by atoms with Crippen LogP contribution in [0, 0.1) is 18.7 Å². The van der Waals surface area contributed by atoms with Gasteiger partial charge in [-0.3, -0.25) is 14.2 Å². The molecule has 0 spiro atoms. The van der Waals surface area contributed by atoms with E-state index in [0.717, 1.165) is 17.4 Å². The Labute approximate surface area is 144 Å². The van der Waals surface area contributed by atoms with Gasteiger partial charge >= 0.3 is 5.69 Å². The predicted octanol–water partition coefficient (Wildman–Crippen LogP) is 1.79. The second-order valence-electron chi connectivity index (χ2n) is 6.77. The number of aryl methyl sites for hydroxylation is 1. The number of fused-ring (bicyclic) bond motifs is 1. The highest BCUT2D eigenvalue weighted by Crippen LogP contribution is 2.21. The zero-order valence-electron chi connectivity index (χ0n) is 14.5. The fourth-order valence-electron chi connectivity index (χ4n) is 3.43. The molecule has 0 unspecified atom stereocenters. The smallest absolute Gasteiger partial charge is 0.328 e. The molecule has 1 aliphatic rings. The second kappa shape index (κ2) is 6.82. The first-order valence-corrected chi connectivity index (χ1v) is 8.55. The normalized spacial score (nSPS) is 15.7. The molecule has 1 N–H and O–H groups in total. The lowest BCUT2D eigenvalue weighted by Crippen LogP contribution is -2.39. The number of benzene rings is 1. The SMILES string of the molecule is CC(=O)N1CCC(CCn2c(=O)[nH]c3cc(C)c(F)cc3c2=O)CC1. The third kappa shape index (κ3) is 3.50. The van der Waals surface area contributed by atoms with Crippen molar-refractivity contribution in [3.05, 3.63) is 44.4 Å². The van der Waals surface area contributed by atoms with E-state index in [1.807, 2.05) is 4.90 Å². The number of aromatic amines is 1. The molecule has 1 saturated heterocycles. The molecule has 7 heteroatoms. The summed E-state index contributed by atoms with van der Waals surface area (Å²) in [5.74, 6) is -0.00915. The van der Waals surface area contributed by atoms with E-state index in [1.54, 1.807) is 13.8 Å².